The molecule has 0 saturated heterocycles. The second kappa shape index (κ2) is 15.6. The Labute approximate surface area is 220 Å². The van der Waals surface area contributed by atoms with Gasteiger partial charge in [-0.25, -0.2) is 9.59 Å². The highest BCUT2D eigenvalue weighted by Gasteiger charge is 2.42. The lowest BCUT2D eigenvalue weighted by molar-refractivity contribution is -0.154. The van der Waals surface area contributed by atoms with Crippen molar-refractivity contribution in [2.24, 2.45) is 16.7 Å². The highest BCUT2D eigenvalue weighted by Crippen LogP contribution is 2.49. The lowest BCUT2D eigenvalue weighted by Gasteiger charge is -2.46. The highest BCUT2D eigenvalue weighted by molar-refractivity contribution is 5.81. The maximum absolute atomic E-state index is 12.6. The number of hydrogen-bond donors (Lipinski definition) is 1. The van der Waals surface area contributed by atoms with Crippen molar-refractivity contribution in [2.45, 2.75) is 85.9 Å². The molecule has 0 heterocycles. The molecule has 1 N–H and O–H groups in total. The SMILES string of the molecule is C=CC(=O)OCCOC(=O)NCC1(C)CC(CC(=O)OCC(C)OCC(C)OC(=O)CC)CC(C)(C)C1. The van der Waals surface area contributed by atoms with E-state index in [1.54, 1.807) is 20.8 Å². The molecule has 0 aromatic rings. The van der Waals surface area contributed by atoms with Gasteiger partial charge in [0.15, 0.2) is 0 Å². The fourth-order valence-electron chi connectivity index (χ4n) is 5.00. The highest BCUT2D eigenvalue weighted by atomic mass is 16.6. The van der Waals surface area contributed by atoms with Crippen molar-refractivity contribution in [3.05, 3.63) is 12.7 Å². The van der Waals surface area contributed by atoms with Crippen LogP contribution < -0.4 is 5.32 Å². The van der Waals surface area contributed by atoms with Gasteiger partial charge in [-0.3, -0.25) is 9.59 Å². The number of alkyl carbamates (subject to hydrolysis) is 1. The fraction of sp³-hybridized carbons (Fsp3) is 0.778. The molecule has 0 aliphatic heterocycles. The molecule has 10 heteroatoms. The Hall–Kier alpha value is -2.62. The van der Waals surface area contributed by atoms with E-state index in [9.17, 15) is 19.2 Å². The van der Waals surface area contributed by atoms with Gasteiger partial charge in [0.05, 0.1) is 12.7 Å². The summed E-state index contributed by atoms with van der Waals surface area (Å²) in [5.74, 6) is -1.03. The molecule has 37 heavy (non-hydrogen) atoms. The van der Waals surface area contributed by atoms with E-state index in [0.29, 0.717) is 13.0 Å². The summed E-state index contributed by atoms with van der Waals surface area (Å²) in [7, 11) is 0. The van der Waals surface area contributed by atoms with Crippen LogP contribution in [0.25, 0.3) is 0 Å². The molecule has 0 aromatic heterocycles. The van der Waals surface area contributed by atoms with E-state index >= 15 is 0 Å². The standard InChI is InChI=1S/C27H45NO9/c1-8-22(29)33-10-11-34-25(32)28-18-27(7)14-21(13-26(5,6)17-27)12-24(31)36-15-19(3)35-16-20(4)37-23(30)9-2/h8,19-21H,1,9-18H2,2-7H3,(H,28,32). The zero-order valence-electron chi connectivity index (χ0n) is 23.3. The van der Waals surface area contributed by atoms with Gasteiger partial charge in [0.25, 0.3) is 0 Å². The zero-order chi connectivity index (χ0) is 28.1. The number of ether oxygens (including phenoxy) is 5. The predicted molar refractivity (Wildman–Crippen MR) is 137 cm³/mol. The van der Waals surface area contributed by atoms with Crippen LogP contribution >= 0.6 is 0 Å². The van der Waals surface area contributed by atoms with E-state index < -0.39 is 12.1 Å². The van der Waals surface area contributed by atoms with Gasteiger partial charge in [0.1, 0.15) is 25.9 Å². The first-order valence-electron chi connectivity index (χ1n) is 12.9. The number of hydrogen-bond acceptors (Lipinski definition) is 9. The lowest BCUT2D eigenvalue weighted by atomic mass is 9.60. The van der Waals surface area contributed by atoms with Gasteiger partial charge < -0.3 is 29.0 Å². The smallest absolute Gasteiger partial charge is 0.407 e. The second-order valence-electron chi connectivity index (χ2n) is 11.0. The van der Waals surface area contributed by atoms with Crippen LogP contribution in [0.5, 0.6) is 0 Å². The van der Waals surface area contributed by atoms with E-state index in [1.165, 1.54) is 0 Å². The maximum Gasteiger partial charge on any atom is 0.407 e. The van der Waals surface area contributed by atoms with Gasteiger partial charge in [-0.15, -0.1) is 0 Å². The number of rotatable bonds is 15. The largest absolute Gasteiger partial charge is 0.463 e. The normalized spacial score (nSPS) is 22.2. The van der Waals surface area contributed by atoms with E-state index in [2.05, 4.69) is 32.7 Å². The fourth-order valence-corrected chi connectivity index (χ4v) is 5.00. The molecule has 4 atom stereocenters. The van der Waals surface area contributed by atoms with Gasteiger partial charge in [-0.05, 0) is 49.9 Å². The van der Waals surface area contributed by atoms with Crippen molar-refractivity contribution in [2.75, 3.05) is 33.0 Å². The molecule has 1 rings (SSSR count). The Kier molecular flexibility index (Phi) is 13.7. The van der Waals surface area contributed by atoms with Crippen molar-refractivity contribution in [3.8, 4) is 0 Å². The summed E-state index contributed by atoms with van der Waals surface area (Å²) in [4.78, 5) is 47.0. The molecular weight excluding hydrogens is 482 g/mol. The lowest BCUT2D eigenvalue weighted by Crippen LogP contribution is -2.44. The van der Waals surface area contributed by atoms with Crippen molar-refractivity contribution in [1.29, 1.82) is 0 Å². The summed E-state index contributed by atoms with van der Waals surface area (Å²) in [6.45, 7) is 15.7. The Balaban J connectivity index is 2.45. The molecule has 1 aliphatic rings. The maximum atomic E-state index is 12.6. The zero-order valence-corrected chi connectivity index (χ0v) is 23.3. The average Bonchev–Trinajstić information content (AvgIpc) is 2.81. The molecule has 0 aromatic carbocycles. The third kappa shape index (κ3) is 14.0. The number of esters is 3. The molecule has 10 nitrogen and oxygen atoms in total. The van der Waals surface area contributed by atoms with Crippen molar-refractivity contribution in [1.82, 2.24) is 5.32 Å². The first kappa shape index (κ1) is 32.4. The predicted octanol–water partition coefficient (Wildman–Crippen LogP) is 3.95. The molecule has 0 radical (unpaired) electrons. The number of nitrogens with one attached hydrogen (secondary N) is 1. The minimum atomic E-state index is -0.581. The molecule has 0 bridgehead atoms. The average molecular weight is 528 g/mol. The first-order valence-corrected chi connectivity index (χ1v) is 12.9. The van der Waals surface area contributed by atoms with Crippen molar-refractivity contribution >= 4 is 24.0 Å². The number of amides is 1. The van der Waals surface area contributed by atoms with Gasteiger partial charge in [0.2, 0.25) is 0 Å². The molecule has 4 unspecified atom stereocenters. The Morgan fingerprint density at radius 1 is 0.973 bits per heavy atom. The third-order valence-corrected chi connectivity index (χ3v) is 6.09. The van der Waals surface area contributed by atoms with Gasteiger partial charge in [0, 0.05) is 25.5 Å². The van der Waals surface area contributed by atoms with Crippen LogP contribution in [0.4, 0.5) is 4.79 Å². The molecule has 0 spiro atoms. The van der Waals surface area contributed by atoms with Crippen LogP contribution in [0.2, 0.25) is 0 Å². The quantitative estimate of drug-likeness (QED) is 0.146. The Morgan fingerprint density at radius 2 is 1.65 bits per heavy atom. The summed E-state index contributed by atoms with van der Waals surface area (Å²) >= 11 is 0. The van der Waals surface area contributed by atoms with Crippen LogP contribution in [0.3, 0.4) is 0 Å². The van der Waals surface area contributed by atoms with Crippen molar-refractivity contribution in [3.63, 3.8) is 0 Å². The second-order valence-corrected chi connectivity index (χ2v) is 11.0. The molecule has 1 aliphatic carbocycles. The van der Waals surface area contributed by atoms with Crippen LogP contribution in [0.1, 0.15) is 73.6 Å². The van der Waals surface area contributed by atoms with E-state index in [-0.39, 0.29) is 73.7 Å². The van der Waals surface area contributed by atoms with Gasteiger partial charge in [-0.2, -0.15) is 0 Å². The number of carbonyl (C=O) groups excluding carboxylic acids is 4. The van der Waals surface area contributed by atoms with E-state index in [1.807, 2.05) is 0 Å². The van der Waals surface area contributed by atoms with E-state index in [4.69, 9.17) is 23.7 Å². The van der Waals surface area contributed by atoms with Crippen molar-refractivity contribution < 1.29 is 42.9 Å². The number of carbonyl (C=O) groups is 4. The summed E-state index contributed by atoms with van der Waals surface area (Å²) in [6, 6.07) is 0. The van der Waals surface area contributed by atoms with Crippen LogP contribution in [0, 0.1) is 16.7 Å². The third-order valence-electron chi connectivity index (χ3n) is 6.09. The minimum Gasteiger partial charge on any atom is -0.463 e. The van der Waals surface area contributed by atoms with Crippen LogP contribution in [-0.2, 0) is 38.1 Å². The Bertz CT molecular complexity index is 782. The summed E-state index contributed by atoms with van der Waals surface area (Å²) in [5.41, 5.74) is -0.228. The van der Waals surface area contributed by atoms with Gasteiger partial charge in [-0.1, -0.05) is 34.3 Å². The monoisotopic (exact) mass is 527 g/mol. The first-order chi connectivity index (χ1) is 17.3. The molecule has 1 amide bonds. The summed E-state index contributed by atoms with van der Waals surface area (Å²) in [5, 5.41) is 2.80. The topological polar surface area (TPSA) is 126 Å². The molecule has 1 fully saturated rings. The summed E-state index contributed by atoms with van der Waals surface area (Å²) in [6.07, 6.45) is 2.89. The summed E-state index contributed by atoms with van der Waals surface area (Å²) < 4.78 is 26.1. The van der Waals surface area contributed by atoms with Crippen LogP contribution in [0.15, 0.2) is 12.7 Å². The van der Waals surface area contributed by atoms with Gasteiger partial charge >= 0.3 is 24.0 Å². The minimum absolute atomic E-state index is 0.00904. The molecular formula is C27H45NO9. The molecule has 212 valence electrons. The molecule has 1 saturated carbocycles. The Morgan fingerprint density at radius 3 is 2.30 bits per heavy atom. The van der Waals surface area contributed by atoms with E-state index in [0.717, 1.165) is 25.3 Å². The van der Waals surface area contributed by atoms with Crippen LogP contribution in [-0.4, -0.2) is 69.2 Å².